The van der Waals surface area contributed by atoms with E-state index in [4.69, 9.17) is 0 Å². The molecule has 0 heterocycles. The lowest BCUT2D eigenvalue weighted by molar-refractivity contribution is 0.516. The Bertz CT molecular complexity index is 196. The van der Waals surface area contributed by atoms with Crippen molar-refractivity contribution in [1.82, 2.24) is 4.72 Å². The molecular weight excluding hydrogens is 162 g/mol. The van der Waals surface area contributed by atoms with E-state index in [2.05, 4.69) is 4.72 Å². The maximum Gasteiger partial charge on any atom is 0.214 e. The zero-order chi connectivity index (χ0) is 9.07. The van der Waals surface area contributed by atoms with Crippen LogP contribution in [0.5, 0.6) is 0 Å². The second-order valence-electron chi connectivity index (χ2n) is 2.94. The van der Waals surface area contributed by atoms with Crippen molar-refractivity contribution in [2.45, 2.75) is 32.4 Å². The SMILES string of the molecule is CCC(C(C)C)S(=O)(=O)NC. The normalized spacial score (nSPS) is 15.4. The molecular formula is C7H17NO2S. The predicted molar refractivity (Wildman–Crippen MR) is 46.9 cm³/mol. The summed E-state index contributed by atoms with van der Waals surface area (Å²) in [6.45, 7) is 5.73. The fourth-order valence-corrected chi connectivity index (χ4v) is 2.66. The van der Waals surface area contributed by atoms with E-state index in [0.29, 0.717) is 6.42 Å². The molecule has 0 radical (unpaired) electrons. The Morgan fingerprint density at radius 1 is 1.36 bits per heavy atom. The Balaban J connectivity index is 4.51. The molecule has 11 heavy (non-hydrogen) atoms. The molecule has 1 N–H and O–H groups in total. The smallest absolute Gasteiger partial charge is 0.214 e. The van der Waals surface area contributed by atoms with Crippen LogP contribution < -0.4 is 4.72 Å². The van der Waals surface area contributed by atoms with Crippen LogP contribution in [0, 0.1) is 5.92 Å². The molecule has 0 spiro atoms. The number of sulfonamides is 1. The van der Waals surface area contributed by atoms with Crippen molar-refractivity contribution in [3.05, 3.63) is 0 Å². The second-order valence-corrected chi connectivity index (χ2v) is 5.04. The molecule has 0 bridgehead atoms. The van der Waals surface area contributed by atoms with Gasteiger partial charge in [0.2, 0.25) is 10.0 Å². The molecule has 0 aliphatic carbocycles. The lowest BCUT2D eigenvalue weighted by atomic mass is 10.1. The molecule has 0 saturated heterocycles. The minimum atomic E-state index is -3.06. The van der Waals surface area contributed by atoms with Crippen LogP contribution in [0.3, 0.4) is 0 Å². The van der Waals surface area contributed by atoms with Crippen LogP contribution in [0.1, 0.15) is 27.2 Å². The standard InChI is InChI=1S/C7H17NO2S/c1-5-7(6(2)3)11(9,10)8-4/h6-8H,5H2,1-4H3. The Labute approximate surface area is 69.2 Å². The lowest BCUT2D eigenvalue weighted by Gasteiger charge is -2.18. The van der Waals surface area contributed by atoms with Gasteiger partial charge in [-0.1, -0.05) is 20.8 Å². The highest BCUT2D eigenvalue weighted by molar-refractivity contribution is 7.90. The second kappa shape index (κ2) is 4.07. The van der Waals surface area contributed by atoms with Crippen molar-refractivity contribution >= 4 is 10.0 Å². The van der Waals surface area contributed by atoms with Gasteiger partial charge in [0, 0.05) is 0 Å². The first-order chi connectivity index (χ1) is 4.95. The fraction of sp³-hybridized carbons (Fsp3) is 1.00. The maximum absolute atomic E-state index is 11.3. The molecule has 0 amide bonds. The number of hydrogen-bond acceptors (Lipinski definition) is 2. The van der Waals surface area contributed by atoms with Crippen molar-refractivity contribution in [2.24, 2.45) is 5.92 Å². The third kappa shape index (κ3) is 2.79. The molecule has 1 atom stereocenters. The zero-order valence-electron chi connectivity index (χ0n) is 7.59. The molecule has 0 aromatic rings. The fourth-order valence-electron chi connectivity index (χ4n) is 1.20. The summed E-state index contributed by atoms with van der Waals surface area (Å²) in [6, 6.07) is 0. The minimum Gasteiger partial charge on any atom is -0.218 e. The van der Waals surface area contributed by atoms with Gasteiger partial charge in [-0.3, -0.25) is 0 Å². The van der Waals surface area contributed by atoms with Crippen molar-refractivity contribution in [1.29, 1.82) is 0 Å². The molecule has 0 aliphatic rings. The van der Waals surface area contributed by atoms with Crippen LogP contribution >= 0.6 is 0 Å². The monoisotopic (exact) mass is 179 g/mol. The van der Waals surface area contributed by atoms with Crippen molar-refractivity contribution < 1.29 is 8.42 Å². The van der Waals surface area contributed by atoms with Crippen molar-refractivity contribution in [3.8, 4) is 0 Å². The average Bonchev–Trinajstić information content (AvgIpc) is 1.88. The van der Waals surface area contributed by atoms with Crippen LogP contribution in [-0.4, -0.2) is 20.7 Å². The number of rotatable bonds is 4. The first kappa shape index (κ1) is 10.9. The van der Waals surface area contributed by atoms with Gasteiger partial charge < -0.3 is 0 Å². The molecule has 0 aromatic heterocycles. The molecule has 3 nitrogen and oxygen atoms in total. The largest absolute Gasteiger partial charge is 0.218 e. The summed E-state index contributed by atoms with van der Waals surface area (Å²) in [5.74, 6) is 0.178. The summed E-state index contributed by atoms with van der Waals surface area (Å²) >= 11 is 0. The van der Waals surface area contributed by atoms with Crippen LogP contribution in [0.15, 0.2) is 0 Å². The van der Waals surface area contributed by atoms with E-state index in [-0.39, 0.29) is 11.2 Å². The Kier molecular flexibility index (Phi) is 4.03. The van der Waals surface area contributed by atoms with Crippen molar-refractivity contribution in [3.63, 3.8) is 0 Å². The summed E-state index contributed by atoms with van der Waals surface area (Å²) in [6.07, 6.45) is 0.668. The molecule has 68 valence electrons. The van der Waals surface area contributed by atoms with Gasteiger partial charge in [0.05, 0.1) is 5.25 Å². The predicted octanol–water partition coefficient (Wildman–Crippen LogP) is 0.970. The van der Waals surface area contributed by atoms with E-state index >= 15 is 0 Å². The van der Waals surface area contributed by atoms with Gasteiger partial charge in [0.1, 0.15) is 0 Å². The topological polar surface area (TPSA) is 46.2 Å². The zero-order valence-corrected chi connectivity index (χ0v) is 8.40. The van der Waals surface area contributed by atoms with E-state index in [1.165, 1.54) is 7.05 Å². The first-order valence-corrected chi connectivity index (χ1v) is 5.42. The highest BCUT2D eigenvalue weighted by Crippen LogP contribution is 2.13. The molecule has 4 heteroatoms. The molecule has 0 fully saturated rings. The summed E-state index contributed by atoms with van der Waals surface area (Å²) in [5, 5.41) is -0.257. The lowest BCUT2D eigenvalue weighted by Crippen LogP contribution is -2.34. The van der Waals surface area contributed by atoms with Crippen LogP contribution in [0.25, 0.3) is 0 Å². The Hall–Kier alpha value is -0.0900. The average molecular weight is 179 g/mol. The van der Waals surface area contributed by atoms with E-state index in [9.17, 15) is 8.42 Å². The van der Waals surface area contributed by atoms with E-state index in [0.717, 1.165) is 0 Å². The van der Waals surface area contributed by atoms with E-state index < -0.39 is 10.0 Å². The van der Waals surface area contributed by atoms with Crippen LogP contribution in [0.2, 0.25) is 0 Å². The van der Waals surface area contributed by atoms with Gasteiger partial charge >= 0.3 is 0 Å². The Morgan fingerprint density at radius 3 is 1.91 bits per heavy atom. The summed E-state index contributed by atoms with van der Waals surface area (Å²) in [7, 11) is -1.60. The van der Waals surface area contributed by atoms with Crippen LogP contribution in [-0.2, 0) is 10.0 Å². The highest BCUT2D eigenvalue weighted by atomic mass is 32.2. The van der Waals surface area contributed by atoms with Gasteiger partial charge in [-0.2, -0.15) is 0 Å². The van der Waals surface area contributed by atoms with Crippen LogP contribution in [0.4, 0.5) is 0 Å². The summed E-state index contributed by atoms with van der Waals surface area (Å²) in [4.78, 5) is 0. The van der Waals surface area contributed by atoms with Gasteiger partial charge in [0.15, 0.2) is 0 Å². The molecule has 0 saturated carbocycles. The van der Waals surface area contributed by atoms with E-state index in [1.54, 1.807) is 0 Å². The Morgan fingerprint density at radius 2 is 1.82 bits per heavy atom. The minimum absolute atomic E-state index is 0.178. The molecule has 0 aromatic carbocycles. The van der Waals surface area contributed by atoms with Crippen molar-refractivity contribution in [2.75, 3.05) is 7.05 Å². The van der Waals surface area contributed by atoms with Gasteiger partial charge in [0.25, 0.3) is 0 Å². The third-order valence-corrected chi connectivity index (χ3v) is 4.07. The van der Waals surface area contributed by atoms with Gasteiger partial charge in [-0.05, 0) is 19.4 Å². The third-order valence-electron chi connectivity index (χ3n) is 1.83. The number of hydrogen-bond donors (Lipinski definition) is 1. The molecule has 0 aliphatic heterocycles. The number of nitrogens with one attached hydrogen (secondary N) is 1. The first-order valence-electron chi connectivity index (χ1n) is 3.88. The quantitative estimate of drug-likeness (QED) is 0.699. The summed E-state index contributed by atoms with van der Waals surface area (Å²) in [5.41, 5.74) is 0. The van der Waals surface area contributed by atoms with Gasteiger partial charge in [-0.25, -0.2) is 13.1 Å². The molecule has 0 rings (SSSR count). The highest BCUT2D eigenvalue weighted by Gasteiger charge is 2.24. The summed E-state index contributed by atoms with van der Waals surface area (Å²) < 4.78 is 24.9. The van der Waals surface area contributed by atoms with Gasteiger partial charge in [-0.15, -0.1) is 0 Å². The van der Waals surface area contributed by atoms with E-state index in [1.807, 2.05) is 20.8 Å². The molecule has 1 unspecified atom stereocenters. The maximum atomic E-state index is 11.3.